The van der Waals surface area contributed by atoms with Gasteiger partial charge in [-0.2, -0.15) is 5.26 Å². The Labute approximate surface area is 183 Å². The zero-order valence-electron chi connectivity index (χ0n) is 17.2. The molecule has 4 aromatic rings. The van der Waals surface area contributed by atoms with E-state index in [1.807, 2.05) is 54.7 Å². The first-order valence-corrected chi connectivity index (χ1v) is 9.93. The number of carbonyl (C=O) groups is 1. The van der Waals surface area contributed by atoms with Gasteiger partial charge in [-0.1, -0.05) is 29.4 Å². The maximum atomic E-state index is 12.6. The van der Waals surface area contributed by atoms with Gasteiger partial charge in [-0.25, -0.2) is 0 Å². The van der Waals surface area contributed by atoms with Gasteiger partial charge in [-0.05, 0) is 36.8 Å². The van der Waals surface area contributed by atoms with Crippen LogP contribution in [0, 0.1) is 18.3 Å². The molecular formula is C24H18N4O4. The molecule has 5 rings (SSSR count). The molecule has 0 aliphatic carbocycles. The van der Waals surface area contributed by atoms with Crippen LogP contribution in [0.15, 0.2) is 64.8 Å². The zero-order chi connectivity index (χ0) is 22.1. The molecule has 3 heterocycles. The quantitative estimate of drug-likeness (QED) is 0.378. The van der Waals surface area contributed by atoms with Crippen LogP contribution >= 0.6 is 0 Å². The van der Waals surface area contributed by atoms with Crippen molar-refractivity contribution in [1.82, 2.24) is 9.72 Å². The Morgan fingerprint density at radius 3 is 2.88 bits per heavy atom. The molecule has 0 bridgehead atoms. The minimum Gasteiger partial charge on any atom is -0.454 e. The second kappa shape index (κ2) is 7.96. The number of nitrogens with zero attached hydrogens (tertiary/aromatic N) is 3. The van der Waals surface area contributed by atoms with E-state index in [1.165, 1.54) is 0 Å². The highest BCUT2D eigenvalue weighted by Crippen LogP contribution is 2.33. The van der Waals surface area contributed by atoms with Gasteiger partial charge in [0, 0.05) is 35.3 Å². The lowest BCUT2D eigenvalue weighted by Crippen LogP contribution is -2.13. The minimum atomic E-state index is -0.548. The molecule has 0 spiro atoms. The van der Waals surface area contributed by atoms with Crippen molar-refractivity contribution in [2.75, 3.05) is 12.1 Å². The number of para-hydroxylation sites is 1. The monoisotopic (exact) mass is 426 g/mol. The summed E-state index contributed by atoms with van der Waals surface area (Å²) in [5.41, 5.74) is 2.77. The Morgan fingerprint density at radius 2 is 2.06 bits per heavy atom. The first kappa shape index (κ1) is 19.5. The molecule has 0 radical (unpaired) electrons. The molecule has 1 aliphatic rings. The van der Waals surface area contributed by atoms with Crippen molar-refractivity contribution in [2.45, 2.75) is 13.5 Å². The lowest BCUT2D eigenvalue weighted by atomic mass is 10.1. The number of hydrogen-bond acceptors (Lipinski definition) is 6. The summed E-state index contributed by atoms with van der Waals surface area (Å²) in [6.45, 7) is 2.54. The summed E-state index contributed by atoms with van der Waals surface area (Å²) < 4.78 is 17.9. The van der Waals surface area contributed by atoms with Crippen molar-refractivity contribution in [3.8, 4) is 17.6 Å². The molecule has 8 heteroatoms. The van der Waals surface area contributed by atoms with Crippen molar-refractivity contribution in [3.63, 3.8) is 0 Å². The standard InChI is InChI=1S/C24H18N4O4/c1-15-8-23(27-32-15)26-24(29)17(11-25)10-18-13-28(20-5-3-2-4-19(18)20)12-16-6-7-21-22(9-16)31-14-30-21/h2-10,13H,12,14H2,1H3,(H,26,27,29)/b17-10-. The van der Waals surface area contributed by atoms with Crippen molar-refractivity contribution >= 4 is 28.7 Å². The van der Waals surface area contributed by atoms with Gasteiger partial charge in [0.25, 0.3) is 5.91 Å². The summed E-state index contributed by atoms with van der Waals surface area (Å²) in [6, 6.07) is 17.3. The summed E-state index contributed by atoms with van der Waals surface area (Å²) in [5.74, 6) is 1.74. The second-order valence-corrected chi connectivity index (χ2v) is 7.36. The van der Waals surface area contributed by atoms with Gasteiger partial charge in [0.05, 0.1) is 0 Å². The highest BCUT2D eigenvalue weighted by molar-refractivity contribution is 6.10. The molecule has 0 fully saturated rings. The molecule has 1 aliphatic heterocycles. The molecule has 1 amide bonds. The van der Waals surface area contributed by atoms with Crippen LogP contribution in [0.4, 0.5) is 5.82 Å². The first-order valence-electron chi connectivity index (χ1n) is 9.93. The molecule has 2 aromatic carbocycles. The Bertz CT molecular complexity index is 1410. The van der Waals surface area contributed by atoms with Crippen LogP contribution in [0.2, 0.25) is 0 Å². The van der Waals surface area contributed by atoms with Crippen LogP contribution in [-0.2, 0) is 11.3 Å². The average molecular weight is 426 g/mol. The molecule has 8 nitrogen and oxygen atoms in total. The number of ether oxygens (including phenoxy) is 2. The van der Waals surface area contributed by atoms with E-state index in [9.17, 15) is 10.1 Å². The number of fused-ring (bicyclic) bond motifs is 2. The summed E-state index contributed by atoms with van der Waals surface area (Å²) >= 11 is 0. The molecule has 158 valence electrons. The van der Waals surface area contributed by atoms with E-state index in [2.05, 4.69) is 15.0 Å². The van der Waals surface area contributed by atoms with Crippen LogP contribution in [0.3, 0.4) is 0 Å². The fourth-order valence-corrected chi connectivity index (χ4v) is 3.67. The number of nitriles is 1. The second-order valence-electron chi connectivity index (χ2n) is 7.36. The Balaban J connectivity index is 1.47. The van der Waals surface area contributed by atoms with E-state index in [1.54, 1.807) is 19.1 Å². The number of amides is 1. The Hall–Kier alpha value is -4.51. The number of aryl methyl sites for hydroxylation is 1. The van der Waals surface area contributed by atoms with Crippen molar-refractivity contribution < 1.29 is 18.8 Å². The Kier molecular flexibility index (Phi) is 4.84. The summed E-state index contributed by atoms with van der Waals surface area (Å²) in [6.07, 6.45) is 3.51. The molecule has 32 heavy (non-hydrogen) atoms. The molecule has 2 aromatic heterocycles. The number of anilines is 1. The molecule has 0 atom stereocenters. The zero-order valence-corrected chi connectivity index (χ0v) is 17.2. The number of aromatic nitrogens is 2. The number of nitrogens with one attached hydrogen (secondary N) is 1. The van der Waals surface area contributed by atoms with Gasteiger partial charge in [0.2, 0.25) is 6.79 Å². The molecular weight excluding hydrogens is 408 g/mol. The predicted molar refractivity (Wildman–Crippen MR) is 117 cm³/mol. The fraction of sp³-hybridized carbons (Fsp3) is 0.125. The van der Waals surface area contributed by atoms with Gasteiger partial charge >= 0.3 is 0 Å². The third kappa shape index (κ3) is 3.68. The third-order valence-electron chi connectivity index (χ3n) is 5.14. The molecule has 1 N–H and O–H groups in total. The van der Waals surface area contributed by atoms with Crippen LogP contribution in [-0.4, -0.2) is 22.4 Å². The van der Waals surface area contributed by atoms with Gasteiger partial charge in [-0.15, -0.1) is 0 Å². The maximum Gasteiger partial charge on any atom is 0.267 e. The number of benzene rings is 2. The summed E-state index contributed by atoms with van der Waals surface area (Å²) in [7, 11) is 0. The van der Waals surface area contributed by atoms with Crippen LogP contribution in [0.5, 0.6) is 11.5 Å². The van der Waals surface area contributed by atoms with E-state index in [4.69, 9.17) is 14.0 Å². The molecule has 0 saturated carbocycles. The van der Waals surface area contributed by atoms with Crippen LogP contribution < -0.4 is 14.8 Å². The molecule has 0 unspecified atom stereocenters. The van der Waals surface area contributed by atoms with Crippen LogP contribution in [0.25, 0.3) is 17.0 Å². The van der Waals surface area contributed by atoms with Crippen LogP contribution in [0.1, 0.15) is 16.9 Å². The smallest absolute Gasteiger partial charge is 0.267 e. The number of carbonyl (C=O) groups excluding carboxylic acids is 1. The highest BCUT2D eigenvalue weighted by Gasteiger charge is 2.16. The summed E-state index contributed by atoms with van der Waals surface area (Å²) in [4.78, 5) is 12.6. The van der Waals surface area contributed by atoms with E-state index in [0.29, 0.717) is 12.3 Å². The lowest BCUT2D eigenvalue weighted by molar-refractivity contribution is -0.112. The van der Waals surface area contributed by atoms with Gasteiger partial charge in [-0.3, -0.25) is 4.79 Å². The van der Waals surface area contributed by atoms with E-state index in [-0.39, 0.29) is 18.2 Å². The third-order valence-corrected chi connectivity index (χ3v) is 5.14. The fourth-order valence-electron chi connectivity index (χ4n) is 3.67. The SMILES string of the molecule is Cc1cc(NC(=O)/C(C#N)=C\c2cn(Cc3ccc4c(c3)OCO4)c3ccccc23)no1. The predicted octanol–water partition coefficient (Wildman–Crippen LogP) is 4.26. The maximum absolute atomic E-state index is 12.6. The van der Waals surface area contributed by atoms with Crippen molar-refractivity contribution in [1.29, 1.82) is 5.26 Å². The first-order chi connectivity index (χ1) is 15.6. The van der Waals surface area contributed by atoms with E-state index >= 15 is 0 Å². The topological polar surface area (TPSA) is 102 Å². The summed E-state index contributed by atoms with van der Waals surface area (Å²) in [5, 5.41) is 16.8. The largest absolute Gasteiger partial charge is 0.454 e. The number of rotatable bonds is 5. The lowest BCUT2D eigenvalue weighted by Gasteiger charge is -2.06. The van der Waals surface area contributed by atoms with E-state index < -0.39 is 5.91 Å². The van der Waals surface area contributed by atoms with Gasteiger partial charge in [0.15, 0.2) is 17.3 Å². The number of hydrogen-bond donors (Lipinski definition) is 1. The highest BCUT2D eigenvalue weighted by atomic mass is 16.7. The van der Waals surface area contributed by atoms with Crippen molar-refractivity contribution in [3.05, 3.63) is 77.2 Å². The Morgan fingerprint density at radius 1 is 1.22 bits per heavy atom. The van der Waals surface area contributed by atoms with Crippen molar-refractivity contribution in [2.24, 2.45) is 0 Å². The average Bonchev–Trinajstić information content (AvgIpc) is 3.51. The molecule has 0 saturated heterocycles. The van der Waals surface area contributed by atoms with Gasteiger partial charge in [0.1, 0.15) is 17.4 Å². The van der Waals surface area contributed by atoms with Gasteiger partial charge < -0.3 is 23.9 Å². The minimum absolute atomic E-state index is 0.0309. The van der Waals surface area contributed by atoms with E-state index in [0.717, 1.165) is 33.5 Å². The normalized spacial score (nSPS) is 12.7.